The summed E-state index contributed by atoms with van der Waals surface area (Å²) in [4.78, 5) is 21.9. The highest BCUT2D eigenvalue weighted by Gasteiger charge is 2.33. The number of hydrogen-bond acceptors (Lipinski definition) is 5. The largest absolute Gasteiger partial charge is 0.471 e. The molecule has 2 aromatic heterocycles. The molecule has 10 heteroatoms. The molecule has 30 heavy (non-hydrogen) atoms. The minimum atomic E-state index is -2.69. The van der Waals surface area contributed by atoms with Gasteiger partial charge in [-0.2, -0.15) is 5.10 Å². The summed E-state index contributed by atoms with van der Waals surface area (Å²) < 4.78 is 46.3. The highest BCUT2D eigenvalue weighted by molar-refractivity contribution is 5.99. The monoisotopic (exact) mass is 417 g/mol. The van der Waals surface area contributed by atoms with Crippen molar-refractivity contribution in [3.8, 4) is 17.0 Å². The molecule has 156 valence electrons. The third kappa shape index (κ3) is 3.85. The van der Waals surface area contributed by atoms with Crippen molar-refractivity contribution in [3.05, 3.63) is 59.6 Å². The van der Waals surface area contributed by atoms with Crippen LogP contribution in [0.1, 0.15) is 28.5 Å². The number of alkyl halides is 2. The number of rotatable bonds is 7. The highest BCUT2D eigenvalue weighted by atomic mass is 19.3. The maximum atomic E-state index is 14.7. The second kappa shape index (κ2) is 8.13. The minimum Gasteiger partial charge on any atom is -0.471 e. The summed E-state index contributed by atoms with van der Waals surface area (Å²) >= 11 is 0. The molecule has 0 aliphatic carbocycles. The molecule has 0 radical (unpaired) electrons. The van der Waals surface area contributed by atoms with Crippen LogP contribution in [0.4, 0.5) is 13.2 Å². The molecule has 0 N–H and O–H groups in total. The van der Waals surface area contributed by atoms with E-state index in [4.69, 9.17) is 4.74 Å². The van der Waals surface area contributed by atoms with Crippen LogP contribution in [0.3, 0.4) is 0 Å². The van der Waals surface area contributed by atoms with E-state index >= 15 is 0 Å². The first-order valence-corrected chi connectivity index (χ1v) is 9.31. The highest BCUT2D eigenvalue weighted by Crippen LogP contribution is 2.30. The molecule has 3 aromatic rings. The van der Waals surface area contributed by atoms with Gasteiger partial charge in [0.05, 0.1) is 18.4 Å². The van der Waals surface area contributed by atoms with Crippen molar-refractivity contribution in [1.82, 2.24) is 24.6 Å². The quantitative estimate of drug-likeness (QED) is 0.590. The van der Waals surface area contributed by atoms with Gasteiger partial charge in [0.15, 0.2) is 6.61 Å². The Labute approximate surface area is 170 Å². The molecule has 0 bridgehead atoms. The van der Waals surface area contributed by atoms with E-state index in [0.29, 0.717) is 23.4 Å². The Morgan fingerprint density at radius 2 is 2.07 bits per heavy atom. The number of amides is 1. The predicted octanol–water partition coefficient (Wildman–Crippen LogP) is 3.30. The lowest BCUT2D eigenvalue weighted by molar-refractivity contribution is 0.0718. The molecule has 0 spiro atoms. The number of carbonyl (C=O) groups is 1. The SMILES string of the molecule is CCn1cc(-c2ccc(CN3Cc4ncnc(OCC(F)F)c4C3=O)c(F)c2)cn1. The van der Waals surface area contributed by atoms with Crippen molar-refractivity contribution < 1.29 is 22.7 Å². The van der Waals surface area contributed by atoms with Crippen LogP contribution in [-0.2, 0) is 19.6 Å². The molecule has 1 aromatic carbocycles. The second-order valence-corrected chi connectivity index (χ2v) is 6.75. The third-order valence-corrected chi connectivity index (χ3v) is 4.78. The van der Waals surface area contributed by atoms with E-state index in [1.807, 2.05) is 13.1 Å². The molecule has 0 atom stereocenters. The summed E-state index contributed by atoms with van der Waals surface area (Å²) in [5, 5.41) is 4.18. The molecule has 0 unspecified atom stereocenters. The number of halogens is 3. The van der Waals surface area contributed by atoms with Crippen LogP contribution in [-0.4, -0.2) is 43.6 Å². The summed E-state index contributed by atoms with van der Waals surface area (Å²) in [5.41, 5.74) is 2.21. The van der Waals surface area contributed by atoms with Crippen LogP contribution in [0.15, 0.2) is 36.9 Å². The van der Waals surface area contributed by atoms with Crippen molar-refractivity contribution in [2.45, 2.75) is 33.0 Å². The van der Waals surface area contributed by atoms with E-state index < -0.39 is 24.8 Å². The minimum absolute atomic E-state index is 0.00379. The Morgan fingerprint density at radius 3 is 2.77 bits per heavy atom. The van der Waals surface area contributed by atoms with E-state index in [0.717, 1.165) is 11.9 Å². The summed E-state index contributed by atoms with van der Waals surface area (Å²) in [5.74, 6) is -1.13. The number of nitrogens with zero attached hydrogens (tertiary/aromatic N) is 5. The van der Waals surface area contributed by atoms with Crippen LogP contribution in [0.25, 0.3) is 11.1 Å². The first kappa shape index (κ1) is 19.9. The molecule has 1 amide bonds. The van der Waals surface area contributed by atoms with Crippen molar-refractivity contribution in [2.24, 2.45) is 0 Å². The summed E-state index contributed by atoms with van der Waals surface area (Å²) in [7, 11) is 0. The molecule has 4 rings (SSSR count). The standard InChI is InChI=1S/C20H18F3N5O2/c1-2-28-8-14(6-26-28)12-3-4-13(15(21)5-12)7-27-9-16-18(20(27)29)19(25-11-24-16)30-10-17(22)23/h3-6,8,11,17H,2,7,9-10H2,1H3. The van der Waals surface area contributed by atoms with Gasteiger partial charge in [-0.25, -0.2) is 23.1 Å². The number of aromatic nitrogens is 4. The predicted molar refractivity (Wildman–Crippen MR) is 100 cm³/mol. The lowest BCUT2D eigenvalue weighted by atomic mass is 10.1. The number of aryl methyl sites for hydroxylation is 1. The molecule has 3 heterocycles. The maximum absolute atomic E-state index is 14.7. The van der Waals surface area contributed by atoms with Crippen LogP contribution in [0, 0.1) is 5.82 Å². The fourth-order valence-corrected chi connectivity index (χ4v) is 3.27. The number of carbonyl (C=O) groups excluding carboxylic acids is 1. The molecule has 7 nitrogen and oxygen atoms in total. The average Bonchev–Trinajstić information content (AvgIpc) is 3.33. The number of fused-ring (bicyclic) bond motifs is 1. The Hall–Kier alpha value is -3.43. The van der Waals surface area contributed by atoms with Crippen molar-refractivity contribution in [2.75, 3.05) is 6.61 Å². The molecule has 0 saturated heterocycles. The molecule has 1 aliphatic rings. The second-order valence-electron chi connectivity index (χ2n) is 6.75. The maximum Gasteiger partial charge on any atom is 0.272 e. The van der Waals surface area contributed by atoms with Crippen molar-refractivity contribution in [3.63, 3.8) is 0 Å². The zero-order valence-corrected chi connectivity index (χ0v) is 16.1. The molecular formula is C20H18F3N5O2. The third-order valence-electron chi connectivity index (χ3n) is 4.78. The Morgan fingerprint density at radius 1 is 1.23 bits per heavy atom. The smallest absolute Gasteiger partial charge is 0.272 e. The average molecular weight is 417 g/mol. The van der Waals surface area contributed by atoms with Crippen LogP contribution in [0.2, 0.25) is 0 Å². The zero-order chi connectivity index (χ0) is 21.3. The first-order chi connectivity index (χ1) is 14.5. The molecule has 1 aliphatic heterocycles. The Balaban J connectivity index is 1.52. The van der Waals surface area contributed by atoms with E-state index in [9.17, 15) is 18.0 Å². The number of benzene rings is 1. The van der Waals surface area contributed by atoms with Crippen LogP contribution in [0.5, 0.6) is 5.88 Å². The van der Waals surface area contributed by atoms with Gasteiger partial charge >= 0.3 is 0 Å². The van der Waals surface area contributed by atoms with Gasteiger partial charge in [-0.3, -0.25) is 9.48 Å². The molecule has 0 saturated carbocycles. The fourth-order valence-electron chi connectivity index (χ4n) is 3.27. The number of hydrogen-bond donors (Lipinski definition) is 0. The van der Waals surface area contributed by atoms with Gasteiger partial charge in [0.25, 0.3) is 12.3 Å². The van der Waals surface area contributed by atoms with Crippen molar-refractivity contribution in [1.29, 1.82) is 0 Å². The van der Waals surface area contributed by atoms with Gasteiger partial charge in [-0.15, -0.1) is 0 Å². The summed E-state index contributed by atoms with van der Waals surface area (Å²) in [6.07, 6.45) is 1.95. The van der Waals surface area contributed by atoms with E-state index in [-0.39, 0.29) is 24.5 Å². The fraction of sp³-hybridized carbons (Fsp3) is 0.300. The molecule has 0 fully saturated rings. The van der Waals surface area contributed by atoms with Gasteiger partial charge < -0.3 is 9.64 Å². The van der Waals surface area contributed by atoms with Gasteiger partial charge in [-0.1, -0.05) is 12.1 Å². The van der Waals surface area contributed by atoms with Gasteiger partial charge in [0.2, 0.25) is 5.88 Å². The van der Waals surface area contributed by atoms with Gasteiger partial charge in [0, 0.05) is 30.4 Å². The lowest BCUT2D eigenvalue weighted by Crippen LogP contribution is -2.24. The summed E-state index contributed by atoms with van der Waals surface area (Å²) in [6, 6.07) is 4.78. The Kier molecular flexibility index (Phi) is 5.39. The van der Waals surface area contributed by atoms with Crippen LogP contribution < -0.4 is 4.74 Å². The number of ether oxygens (including phenoxy) is 1. The summed E-state index contributed by atoms with van der Waals surface area (Å²) in [6.45, 7) is 1.92. The zero-order valence-electron chi connectivity index (χ0n) is 16.1. The van der Waals surface area contributed by atoms with Gasteiger partial charge in [0.1, 0.15) is 17.7 Å². The van der Waals surface area contributed by atoms with Crippen LogP contribution >= 0.6 is 0 Å². The van der Waals surface area contributed by atoms with E-state index in [2.05, 4.69) is 15.1 Å². The topological polar surface area (TPSA) is 73.1 Å². The van der Waals surface area contributed by atoms with E-state index in [1.165, 1.54) is 11.0 Å². The molecular weight excluding hydrogens is 399 g/mol. The Bertz CT molecular complexity index is 1090. The normalized spacial score (nSPS) is 13.2. The van der Waals surface area contributed by atoms with Crippen molar-refractivity contribution >= 4 is 5.91 Å². The van der Waals surface area contributed by atoms with E-state index in [1.54, 1.807) is 23.0 Å². The lowest BCUT2D eigenvalue weighted by Gasteiger charge is -2.16. The van der Waals surface area contributed by atoms with Gasteiger partial charge in [-0.05, 0) is 18.6 Å². The first-order valence-electron chi connectivity index (χ1n) is 9.31.